The molecule has 0 spiro atoms. The molecule has 3 N–H and O–H groups in total. The Hall–Kier alpha value is -1.11. The van der Waals surface area contributed by atoms with E-state index < -0.39 is 10.0 Å². The molecule has 0 heterocycles. The van der Waals surface area contributed by atoms with Gasteiger partial charge in [0, 0.05) is 19.1 Å². The summed E-state index contributed by atoms with van der Waals surface area (Å²) in [6.45, 7) is 2.83. The summed E-state index contributed by atoms with van der Waals surface area (Å²) in [5, 5.41) is 12.5. The Morgan fingerprint density at radius 3 is 2.65 bits per heavy atom. The lowest BCUT2D eigenvalue weighted by molar-refractivity contribution is 0.472. The van der Waals surface area contributed by atoms with Crippen LogP contribution >= 0.6 is 0 Å². The second-order valence-corrected chi connectivity index (χ2v) is 5.77. The Kier molecular flexibility index (Phi) is 4.92. The number of nitrogens with one attached hydrogen (secondary N) is 2. The molecule has 1 aromatic carbocycles. The summed E-state index contributed by atoms with van der Waals surface area (Å²) in [5.74, 6) is 0.227. The molecule has 0 saturated heterocycles. The second kappa shape index (κ2) is 6.00. The zero-order valence-corrected chi connectivity index (χ0v) is 10.8. The highest BCUT2D eigenvalue weighted by molar-refractivity contribution is 7.88. The van der Waals surface area contributed by atoms with Crippen LogP contribution in [-0.2, 0) is 10.0 Å². The van der Waals surface area contributed by atoms with Crippen LogP contribution in [-0.4, -0.2) is 32.9 Å². The van der Waals surface area contributed by atoms with Crippen molar-refractivity contribution in [2.45, 2.75) is 13.0 Å². The van der Waals surface area contributed by atoms with Crippen molar-refractivity contribution in [3.63, 3.8) is 0 Å². The van der Waals surface area contributed by atoms with Crippen LogP contribution in [0.3, 0.4) is 0 Å². The zero-order chi connectivity index (χ0) is 12.9. The van der Waals surface area contributed by atoms with E-state index in [9.17, 15) is 13.5 Å². The van der Waals surface area contributed by atoms with Gasteiger partial charge in [-0.15, -0.1) is 0 Å². The Labute approximate surface area is 102 Å². The van der Waals surface area contributed by atoms with Crippen LogP contribution in [0.15, 0.2) is 24.3 Å². The molecule has 0 fully saturated rings. The highest BCUT2D eigenvalue weighted by atomic mass is 32.2. The van der Waals surface area contributed by atoms with E-state index in [1.54, 1.807) is 18.2 Å². The summed E-state index contributed by atoms with van der Waals surface area (Å²) >= 11 is 0. The van der Waals surface area contributed by atoms with Gasteiger partial charge in [-0.3, -0.25) is 0 Å². The van der Waals surface area contributed by atoms with Gasteiger partial charge in [0.25, 0.3) is 0 Å². The summed E-state index contributed by atoms with van der Waals surface area (Å²) in [7, 11) is -3.12. The molecule has 0 amide bonds. The molecule has 0 radical (unpaired) electrons. The van der Waals surface area contributed by atoms with Gasteiger partial charge in [0.1, 0.15) is 5.75 Å². The largest absolute Gasteiger partial charge is 0.508 e. The fraction of sp³-hybridized carbons (Fsp3) is 0.455. The minimum absolute atomic E-state index is 0.0588. The average Bonchev–Trinajstić information content (AvgIpc) is 2.23. The minimum atomic E-state index is -3.12. The van der Waals surface area contributed by atoms with E-state index in [0.717, 1.165) is 11.8 Å². The molecule has 0 bridgehead atoms. The first kappa shape index (κ1) is 14.0. The number of sulfonamides is 1. The van der Waals surface area contributed by atoms with E-state index in [0.29, 0.717) is 13.1 Å². The predicted octanol–water partition coefficient (Wildman–Crippen LogP) is 0.592. The number of hydrogen-bond donors (Lipinski definition) is 3. The fourth-order valence-corrected chi connectivity index (χ4v) is 1.91. The second-order valence-electron chi connectivity index (χ2n) is 3.94. The summed E-state index contributed by atoms with van der Waals surface area (Å²) < 4.78 is 24.0. The van der Waals surface area contributed by atoms with E-state index in [1.807, 2.05) is 13.0 Å². The standard InChI is InChI=1S/C11H18N2O3S/c1-9(10-4-3-5-11(14)8-10)12-6-7-13-17(2,15)16/h3-5,8-9,12-14H,6-7H2,1-2H3. The molecule has 1 aromatic rings. The first-order valence-corrected chi connectivity index (χ1v) is 7.24. The summed E-state index contributed by atoms with van der Waals surface area (Å²) in [5.41, 5.74) is 0.962. The first-order chi connectivity index (χ1) is 7.88. The van der Waals surface area contributed by atoms with Gasteiger partial charge in [-0.05, 0) is 24.6 Å². The van der Waals surface area contributed by atoms with Crippen molar-refractivity contribution >= 4 is 10.0 Å². The fourth-order valence-electron chi connectivity index (χ4n) is 1.44. The lowest BCUT2D eigenvalue weighted by Gasteiger charge is -2.14. The van der Waals surface area contributed by atoms with Crippen LogP contribution in [0, 0.1) is 0 Å². The van der Waals surface area contributed by atoms with Crippen molar-refractivity contribution in [2.75, 3.05) is 19.3 Å². The van der Waals surface area contributed by atoms with Gasteiger partial charge < -0.3 is 10.4 Å². The molecule has 1 atom stereocenters. The molecule has 0 aliphatic heterocycles. The maximum Gasteiger partial charge on any atom is 0.208 e. The van der Waals surface area contributed by atoms with E-state index in [1.165, 1.54) is 0 Å². The number of rotatable bonds is 6. The molecule has 17 heavy (non-hydrogen) atoms. The van der Waals surface area contributed by atoms with Crippen molar-refractivity contribution in [3.8, 4) is 5.75 Å². The first-order valence-electron chi connectivity index (χ1n) is 5.35. The summed E-state index contributed by atoms with van der Waals surface area (Å²) in [6.07, 6.45) is 1.13. The van der Waals surface area contributed by atoms with E-state index in [2.05, 4.69) is 10.0 Å². The molecule has 1 unspecified atom stereocenters. The Bertz CT molecular complexity index is 460. The minimum Gasteiger partial charge on any atom is -0.508 e. The van der Waals surface area contributed by atoms with Gasteiger partial charge in [0.05, 0.1) is 6.26 Å². The molecule has 5 nitrogen and oxygen atoms in total. The molecule has 6 heteroatoms. The average molecular weight is 258 g/mol. The van der Waals surface area contributed by atoms with E-state index in [-0.39, 0.29) is 11.8 Å². The van der Waals surface area contributed by atoms with Crippen LogP contribution in [0.2, 0.25) is 0 Å². The number of benzene rings is 1. The highest BCUT2D eigenvalue weighted by Gasteiger charge is 2.05. The third kappa shape index (κ3) is 5.67. The van der Waals surface area contributed by atoms with Gasteiger partial charge in [-0.25, -0.2) is 13.1 Å². The topological polar surface area (TPSA) is 78.4 Å². The SMILES string of the molecule is CC(NCCNS(C)(=O)=O)c1cccc(O)c1. The van der Waals surface area contributed by atoms with Crippen LogP contribution in [0.5, 0.6) is 5.75 Å². The van der Waals surface area contributed by atoms with E-state index >= 15 is 0 Å². The monoisotopic (exact) mass is 258 g/mol. The van der Waals surface area contributed by atoms with E-state index in [4.69, 9.17) is 0 Å². The van der Waals surface area contributed by atoms with Gasteiger partial charge in [0.15, 0.2) is 0 Å². The van der Waals surface area contributed by atoms with Gasteiger partial charge >= 0.3 is 0 Å². The number of phenols is 1. The zero-order valence-electron chi connectivity index (χ0n) is 9.97. The lowest BCUT2D eigenvalue weighted by atomic mass is 10.1. The molecule has 0 aliphatic carbocycles. The number of phenolic OH excluding ortho intramolecular Hbond substituents is 1. The highest BCUT2D eigenvalue weighted by Crippen LogP contribution is 2.17. The van der Waals surface area contributed by atoms with Crippen molar-refractivity contribution in [3.05, 3.63) is 29.8 Å². The molecule has 1 rings (SSSR count). The lowest BCUT2D eigenvalue weighted by Crippen LogP contribution is -2.32. The van der Waals surface area contributed by atoms with Crippen molar-refractivity contribution in [1.29, 1.82) is 0 Å². The maximum absolute atomic E-state index is 10.8. The van der Waals surface area contributed by atoms with Crippen molar-refractivity contribution < 1.29 is 13.5 Å². The molecule has 0 aliphatic rings. The van der Waals surface area contributed by atoms with Crippen molar-refractivity contribution in [1.82, 2.24) is 10.0 Å². The Morgan fingerprint density at radius 1 is 1.35 bits per heavy atom. The third-order valence-corrected chi connectivity index (χ3v) is 3.04. The predicted molar refractivity (Wildman–Crippen MR) is 67.4 cm³/mol. The number of aromatic hydroxyl groups is 1. The maximum atomic E-state index is 10.8. The Morgan fingerprint density at radius 2 is 2.06 bits per heavy atom. The third-order valence-electron chi connectivity index (χ3n) is 2.31. The van der Waals surface area contributed by atoms with Gasteiger partial charge in [0.2, 0.25) is 10.0 Å². The normalized spacial score (nSPS) is 13.5. The summed E-state index contributed by atoms with van der Waals surface area (Å²) in [6, 6.07) is 7.03. The van der Waals surface area contributed by atoms with Gasteiger partial charge in [-0.1, -0.05) is 12.1 Å². The molecule has 0 saturated carbocycles. The van der Waals surface area contributed by atoms with Crippen LogP contribution in [0.25, 0.3) is 0 Å². The van der Waals surface area contributed by atoms with Crippen LogP contribution < -0.4 is 10.0 Å². The molecular weight excluding hydrogens is 240 g/mol. The van der Waals surface area contributed by atoms with Crippen LogP contribution in [0.4, 0.5) is 0 Å². The number of hydrogen-bond acceptors (Lipinski definition) is 4. The smallest absolute Gasteiger partial charge is 0.208 e. The van der Waals surface area contributed by atoms with Gasteiger partial charge in [-0.2, -0.15) is 0 Å². The quantitative estimate of drug-likeness (QED) is 0.653. The Balaban J connectivity index is 2.38. The van der Waals surface area contributed by atoms with Crippen LogP contribution in [0.1, 0.15) is 18.5 Å². The molecule has 96 valence electrons. The van der Waals surface area contributed by atoms with Crippen molar-refractivity contribution in [2.24, 2.45) is 0 Å². The molecule has 0 aromatic heterocycles. The summed E-state index contributed by atoms with van der Waals surface area (Å²) in [4.78, 5) is 0. The molecular formula is C11H18N2O3S.